The predicted octanol–water partition coefficient (Wildman–Crippen LogP) is 3.11. The van der Waals surface area contributed by atoms with Gasteiger partial charge in [0.2, 0.25) is 0 Å². The smallest absolute Gasteiger partial charge is 0.112 e. The van der Waals surface area contributed by atoms with E-state index in [4.69, 9.17) is 4.98 Å². The highest BCUT2D eigenvalue weighted by molar-refractivity contribution is 9.10. The number of aryl methyl sites for hydroxylation is 2. The highest BCUT2D eigenvalue weighted by Crippen LogP contribution is 2.31. The summed E-state index contributed by atoms with van der Waals surface area (Å²) < 4.78 is 3.40. The van der Waals surface area contributed by atoms with Crippen LogP contribution in [0.5, 0.6) is 0 Å². The highest BCUT2D eigenvalue weighted by Gasteiger charge is 2.21. The van der Waals surface area contributed by atoms with Gasteiger partial charge in [-0.15, -0.1) is 0 Å². The molecule has 0 saturated carbocycles. The fourth-order valence-electron chi connectivity index (χ4n) is 2.89. The number of benzene rings is 1. The molecule has 2 heterocycles. The van der Waals surface area contributed by atoms with Gasteiger partial charge in [0.25, 0.3) is 0 Å². The summed E-state index contributed by atoms with van der Waals surface area (Å²) in [7, 11) is 2.13. The van der Waals surface area contributed by atoms with Crippen molar-refractivity contribution in [1.82, 2.24) is 14.9 Å². The Bertz CT molecular complexity index is 582. The third-order valence-corrected chi connectivity index (χ3v) is 4.41. The molecule has 1 saturated heterocycles. The van der Waals surface area contributed by atoms with Crippen LogP contribution in [-0.2, 0) is 7.05 Å². The van der Waals surface area contributed by atoms with Gasteiger partial charge < -0.3 is 9.88 Å². The van der Waals surface area contributed by atoms with Crippen molar-refractivity contribution in [3.8, 4) is 0 Å². The first-order valence-electron chi connectivity index (χ1n) is 6.50. The van der Waals surface area contributed by atoms with Crippen LogP contribution in [0.4, 0.5) is 0 Å². The molecule has 4 heteroatoms. The van der Waals surface area contributed by atoms with Gasteiger partial charge in [0.15, 0.2) is 0 Å². The maximum absolute atomic E-state index is 4.86. The second kappa shape index (κ2) is 4.67. The zero-order valence-electron chi connectivity index (χ0n) is 10.8. The first kappa shape index (κ1) is 12.2. The third kappa shape index (κ3) is 1.97. The fourth-order valence-corrected chi connectivity index (χ4v) is 3.72. The number of imidazole rings is 1. The second-order valence-corrected chi connectivity index (χ2v) is 6.02. The lowest BCUT2D eigenvalue weighted by atomic mass is 9.97. The SMILES string of the molecule is Cc1cc(Br)c2c(c1)nc(C1CCNCC1)n2C. The monoisotopic (exact) mass is 307 g/mol. The van der Waals surface area contributed by atoms with E-state index in [2.05, 4.69) is 51.9 Å². The Hall–Kier alpha value is -0.870. The van der Waals surface area contributed by atoms with Crippen LogP contribution in [0.2, 0.25) is 0 Å². The van der Waals surface area contributed by atoms with Crippen molar-refractivity contribution < 1.29 is 0 Å². The summed E-state index contributed by atoms with van der Waals surface area (Å²) >= 11 is 3.66. The Morgan fingerprint density at radius 3 is 2.78 bits per heavy atom. The molecule has 96 valence electrons. The average Bonchev–Trinajstić information content (AvgIpc) is 2.67. The summed E-state index contributed by atoms with van der Waals surface area (Å²) in [6, 6.07) is 4.33. The van der Waals surface area contributed by atoms with Gasteiger partial charge in [0.1, 0.15) is 5.82 Å². The lowest BCUT2D eigenvalue weighted by Crippen LogP contribution is -2.27. The number of halogens is 1. The molecule has 0 aliphatic carbocycles. The third-order valence-electron chi connectivity index (χ3n) is 3.81. The standard InChI is InChI=1S/C14H18BrN3/c1-9-7-11(15)13-12(8-9)17-14(18(13)2)10-3-5-16-6-4-10/h7-8,10,16H,3-6H2,1-2H3. The highest BCUT2D eigenvalue weighted by atomic mass is 79.9. The molecule has 1 N–H and O–H groups in total. The first-order chi connectivity index (χ1) is 8.66. The van der Waals surface area contributed by atoms with Gasteiger partial charge in [0, 0.05) is 17.4 Å². The zero-order chi connectivity index (χ0) is 12.7. The van der Waals surface area contributed by atoms with E-state index < -0.39 is 0 Å². The molecule has 0 radical (unpaired) electrons. The van der Waals surface area contributed by atoms with Crippen molar-refractivity contribution >= 4 is 27.0 Å². The summed E-state index contributed by atoms with van der Waals surface area (Å²) in [5, 5.41) is 3.41. The molecule has 3 rings (SSSR count). The molecule has 0 unspecified atom stereocenters. The maximum atomic E-state index is 4.86. The van der Waals surface area contributed by atoms with Crippen molar-refractivity contribution in [3.05, 3.63) is 28.0 Å². The summed E-state index contributed by atoms with van der Waals surface area (Å²) in [4.78, 5) is 4.86. The van der Waals surface area contributed by atoms with Crippen LogP contribution in [0, 0.1) is 6.92 Å². The number of hydrogen-bond acceptors (Lipinski definition) is 2. The zero-order valence-corrected chi connectivity index (χ0v) is 12.4. The normalized spacial score (nSPS) is 17.5. The van der Waals surface area contributed by atoms with E-state index in [1.807, 2.05) is 0 Å². The molecule has 1 aliphatic rings. The molecule has 18 heavy (non-hydrogen) atoms. The van der Waals surface area contributed by atoms with Gasteiger partial charge in [0.05, 0.1) is 11.0 Å². The molecule has 1 fully saturated rings. The van der Waals surface area contributed by atoms with Crippen LogP contribution in [0.3, 0.4) is 0 Å². The molecule has 1 aliphatic heterocycles. The Labute approximate surface area is 116 Å². The maximum Gasteiger partial charge on any atom is 0.112 e. The van der Waals surface area contributed by atoms with Crippen LogP contribution in [-0.4, -0.2) is 22.6 Å². The largest absolute Gasteiger partial charge is 0.330 e. The van der Waals surface area contributed by atoms with Gasteiger partial charge in [-0.05, 0) is 66.5 Å². The first-order valence-corrected chi connectivity index (χ1v) is 7.29. The summed E-state index contributed by atoms with van der Waals surface area (Å²) in [5.41, 5.74) is 3.58. The topological polar surface area (TPSA) is 29.9 Å². The molecule has 0 spiro atoms. The summed E-state index contributed by atoms with van der Waals surface area (Å²) in [6.45, 7) is 4.32. The number of hydrogen-bond donors (Lipinski definition) is 1. The van der Waals surface area contributed by atoms with Crippen molar-refractivity contribution in [1.29, 1.82) is 0 Å². The van der Waals surface area contributed by atoms with Crippen molar-refractivity contribution in [2.75, 3.05) is 13.1 Å². The minimum absolute atomic E-state index is 0.593. The van der Waals surface area contributed by atoms with Gasteiger partial charge in [-0.1, -0.05) is 0 Å². The molecular formula is C14H18BrN3. The molecule has 2 aromatic rings. The van der Waals surface area contributed by atoms with Crippen molar-refractivity contribution in [2.24, 2.45) is 7.05 Å². The molecule has 0 atom stereocenters. The van der Waals surface area contributed by atoms with E-state index in [-0.39, 0.29) is 0 Å². The average molecular weight is 308 g/mol. The lowest BCUT2D eigenvalue weighted by molar-refractivity contribution is 0.438. The number of fused-ring (bicyclic) bond motifs is 1. The number of aromatic nitrogens is 2. The summed E-state index contributed by atoms with van der Waals surface area (Å²) in [6.07, 6.45) is 2.38. The minimum atomic E-state index is 0.593. The van der Waals surface area contributed by atoms with Gasteiger partial charge in [-0.3, -0.25) is 0 Å². The minimum Gasteiger partial charge on any atom is -0.330 e. The molecule has 1 aromatic heterocycles. The Morgan fingerprint density at radius 1 is 1.33 bits per heavy atom. The second-order valence-electron chi connectivity index (χ2n) is 5.17. The molecule has 0 bridgehead atoms. The van der Waals surface area contributed by atoms with E-state index in [9.17, 15) is 0 Å². The number of nitrogens with zero attached hydrogens (tertiary/aromatic N) is 2. The van der Waals surface area contributed by atoms with E-state index in [0.717, 1.165) is 23.1 Å². The van der Waals surface area contributed by atoms with Crippen LogP contribution in [0.15, 0.2) is 16.6 Å². The van der Waals surface area contributed by atoms with Crippen LogP contribution < -0.4 is 5.32 Å². The van der Waals surface area contributed by atoms with Crippen LogP contribution in [0.25, 0.3) is 11.0 Å². The van der Waals surface area contributed by atoms with Crippen LogP contribution in [0.1, 0.15) is 30.1 Å². The van der Waals surface area contributed by atoms with E-state index in [0.29, 0.717) is 5.92 Å². The predicted molar refractivity (Wildman–Crippen MR) is 78.0 cm³/mol. The van der Waals surface area contributed by atoms with Crippen molar-refractivity contribution in [3.63, 3.8) is 0 Å². The Morgan fingerprint density at radius 2 is 2.06 bits per heavy atom. The molecule has 3 nitrogen and oxygen atoms in total. The van der Waals surface area contributed by atoms with Gasteiger partial charge in [-0.2, -0.15) is 0 Å². The Balaban J connectivity index is 2.13. The summed E-state index contributed by atoms with van der Waals surface area (Å²) in [5.74, 6) is 1.83. The van der Waals surface area contributed by atoms with Crippen molar-refractivity contribution in [2.45, 2.75) is 25.7 Å². The Kier molecular flexibility index (Phi) is 3.16. The van der Waals surface area contributed by atoms with Gasteiger partial charge >= 0.3 is 0 Å². The van der Waals surface area contributed by atoms with E-state index >= 15 is 0 Å². The van der Waals surface area contributed by atoms with E-state index in [1.165, 1.54) is 29.7 Å². The number of nitrogens with one attached hydrogen (secondary N) is 1. The lowest BCUT2D eigenvalue weighted by Gasteiger charge is -2.22. The number of rotatable bonds is 1. The van der Waals surface area contributed by atoms with E-state index in [1.54, 1.807) is 0 Å². The number of piperidine rings is 1. The molecular weight excluding hydrogens is 290 g/mol. The van der Waals surface area contributed by atoms with Crippen LogP contribution >= 0.6 is 15.9 Å². The fraction of sp³-hybridized carbons (Fsp3) is 0.500. The quantitative estimate of drug-likeness (QED) is 0.877. The molecule has 0 amide bonds. The van der Waals surface area contributed by atoms with Gasteiger partial charge in [-0.25, -0.2) is 4.98 Å². The molecule has 1 aromatic carbocycles.